The Balaban J connectivity index is 1.18. The smallest absolute Gasteiger partial charge is 0.211 e. The predicted molar refractivity (Wildman–Crippen MR) is 203 cm³/mol. The first kappa shape index (κ1) is 28.8. The van der Waals surface area contributed by atoms with Gasteiger partial charge in [0.25, 0.3) is 0 Å². The molecule has 0 fully saturated rings. The van der Waals surface area contributed by atoms with Gasteiger partial charge in [0, 0.05) is 33.1 Å². The molecule has 0 saturated carbocycles. The molecule has 0 radical (unpaired) electrons. The Hall–Kier alpha value is -7.39. The van der Waals surface area contributed by atoms with Gasteiger partial charge in [-0.2, -0.15) is 5.26 Å². The minimum absolute atomic E-state index is 0.567. The molecule has 0 atom stereocenters. The van der Waals surface area contributed by atoms with Crippen LogP contribution in [0, 0.1) is 24.5 Å². The first-order valence-corrected chi connectivity index (χ1v) is 16.2. The summed E-state index contributed by atoms with van der Waals surface area (Å²) >= 11 is 0. The maximum atomic E-state index is 9.58. The lowest BCUT2D eigenvalue weighted by Gasteiger charge is -2.16. The Kier molecular flexibility index (Phi) is 6.56. The normalized spacial score (nSPS) is 11.1. The second kappa shape index (κ2) is 11.4. The third kappa shape index (κ3) is 4.38. The molecule has 2 heterocycles. The molecule has 5 heteroatoms. The Labute approximate surface area is 288 Å². The average Bonchev–Trinajstić information content (AvgIpc) is 3.70. The Morgan fingerprint density at radius 3 is 1.90 bits per heavy atom. The summed E-state index contributed by atoms with van der Waals surface area (Å²) in [6, 6.07) is 53.5. The summed E-state index contributed by atoms with van der Waals surface area (Å²) in [6.45, 7) is 15.7. The lowest BCUT2D eigenvalue weighted by molar-refractivity contribution is 1.18. The molecule has 0 aliphatic carbocycles. The molecule has 0 aliphatic heterocycles. The molecular weight excluding hydrogens is 611 g/mol. The standard InChI is InChI=1S/C45H25N5/c1-47-33-20-23-35(44(27-33)50-41-15-5-3-11-36(41)37-12-4-6-16-42(37)50)32-10-7-9-31(26-32)30-18-21-34(22-19-30)49-43-24-17-29(28-46)25-39(43)38-13-8-14-40(48-2)45(38)49/h3-27H. The molecule has 2 aromatic heterocycles. The number of benzene rings is 7. The van der Waals surface area contributed by atoms with E-state index in [0.717, 1.165) is 66.5 Å². The molecular formula is C45H25N5. The maximum Gasteiger partial charge on any atom is 0.211 e. The van der Waals surface area contributed by atoms with Crippen LogP contribution in [0.5, 0.6) is 0 Å². The van der Waals surface area contributed by atoms with Gasteiger partial charge in [-0.3, -0.25) is 0 Å². The van der Waals surface area contributed by atoms with Crippen molar-refractivity contribution in [2.75, 3.05) is 0 Å². The number of hydrogen-bond acceptors (Lipinski definition) is 1. The van der Waals surface area contributed by atoms with E-state index in [2.05, 4.69) is 128 Å². The fourth-order valence-electron chi connectivity index (χ4n) is 7.35. The van der Waals surface area contributed by atoms with Gasteiger partial charge in [-0.1, -0.05) is 97.1 Å². The van der Waals surface area contributed by atoms with Gasteiger partial charge in [-0.25, -0.2) is 9.69 Å². The van der Waals surface area contributed by atoms with E-state index in [4.69, 9.17) is 13.1 Å². The maximum absolute atomic E-state index is 9.58. The van der Waals surface area contributed by atoms with E-state index in [0.29, 0.717) is 16.9 Å². The van der Waals surface area contributed by atoms with Crippen LogP contribution in [0.3, 0.4) is 0 Å². The molecule has 0 unspecified atom stereocenters. The molecule has 9 rings (SSSR count). The van der Waals surface area contributed by atoms with E-state index in [1.54, 1.807) is 0 Å². The molecule has 0 spiro atoms. The van der Waals surface area contributed by atoms with Crippen molar-refractivity contribution in [1.29, 1.82) is 5.26 Å². The third-order valence-corrected chi connectivity index (χ3v) is 9.58. The number of nitrogens with zero attached hydrogens (tertiary/aromatic N) is 5. The number of nitriles is 1. The second-order valence-corrected chi connectivity index (χ2v) is 12.3. The van der Waals surface area contributed by atoms with Gasteiger partial charge < -0.3 is 9.13 Å². The van der Waals surface area contributed by atoms with Gasteiger partial charge >= 0.3 is 0 Å². The predicted octanol–water partition coefficient (Wildman–Crippen LogP) is 12.2. The molecule has 0 N–H and O–H groups in total. The van der Waals surface area contributed by atoms with Crippen molar-refractivity contribution >= 4 is 55.0 Å². The summed E-state index contributed by atoms with van der Waals surface area (Å²) < 4.78 is 4.40. The van der Waals surface area contributed by atoms with E-state index in [1.807, 2.05) is 48.5 Å². The van der Waals surface area contributed by atoms with Gasteiger partial charge in [0.05, 0.1) is 46.8 Å². The van der Waals surface area contributed by atoms with E-state index >= 15 is 0 Å². The van der Waals surface area contributed by atoms with Crippen LogP contribution in [0.2, 0.25) is 0 Å². The van der Waals surface area contributed by atoms with Crippen molar-refractivity contribution in [2.24, 2.45) is 0 Å². The van der Waals surface area contributed by atoms with Crippen LogP contribution < -0.4 is 0 Å². The highest BCUT2D eigenvalue weighted by Crippen LogP contribution is 2.40. The number of hydrogen-bond donors (Lipinski definition) is 0. The van der Waals surface area contributed by atoms with Crippen molar-refractivity contribution in [3.05, 3.63) is 180 Å². The highest BCUT2D eigenvalue weighted by atomic mass is 15.0. The Morgan fingerprint density at radius 1 is 0.500 bits per heavy atom. The van der Waals surface area contributed by atoms with E-state index in [-0.39, 0.29) is 0 Å². The molecule has 7 aromatic carbocycles. The van der Waals surface area contributed by atoms with Gasteiger partial charge in [-0.05, 0) is 76.7 Å². The second-order valence-electron chi connectivity index (χ2n) is 12.3. The van der Waals surface area contributed by atoms with Crippen LogP contribution in [0.25, 0.3) is 86.9 Å². The Morgan fingerprint density at radius 2 is 1.18 bits per heavy atom. The van der Waals surface area contributed by atoms with Crippen molar-refractivity contribution in [1.82, 2.24) is 9.13 Å². The lowest BCUT2D eigenvalue weighted by Crippen LogP contribution is -1.97. The minimum atomic E-state index is 0.567. The average molecular weight is 636 g/mol. The van der Waals surface area contributed by atoms with Crippen LogP contribution in [0.15, 0.2) is 152 Å². The van der Waals surface area contributed by atoms with E-state index in [9.17, 15) is 5.26 Å². The van der Waals surface area contributed by atoms with Crippen molar-refractivity contribution < 1.29 is 0 Å². The Bertz CT molecular complexity index is 2900. The van der Waals surface area contributed by atoms with E-state index in [1.165, 1.54) is 10.8 Å². The summed E-state index contributed by atoms with van der Waals surface area (Å²) in [7, 11) is 0. The molecule has 0 saturated heterocycles. The molecule has 0 bridgehead atoms. The van der Waals surface area contributed by atoms with E-state index < -0.39 is 0 Å². The van der Waals surface area contributed by atoms with Gasteiger partial charge in [0.2, 0.25) is 5.69 Å². The number of para-hydroxylation sites is 3. The van der Waals surface area contributed by atoms with Gasteiger partial charge in [0.15, 0.2) is 5.69 Å². The van der Waals surface area contributed by atoms with Crippen molar-refractivity contribution in [3.63, 3.8) is 0 Å². The van der Waals surface area contributed by atoms with Crippen LogP contribution in [0.1, 0.15) is 5.56 Å². The first-order chi connectivity index (χ1) is 24.7. The molecule has 230 valence electrons. The number of fused-ring (bicyclic) bond motifs is 6. The zero-order valence-electron chi connectivity index (χ0n) is 26.7. The first-order valence-electron chi connectivity index (χ1n) is 16.2. The minimum Gasteiger partial charge on any atom is -0.319 e. The highest BCUT2D eigenvalue weighted by molar-refractivity contribution is 6.14. The zero-order chi connectivity index (χ0) is 33.8. The van der Waals surface area contributed by atoms with Crippen LogP contribution in [0.4, 0.5) is 11.4 Å². The lowest BCUT2D eigenvalue weighted by atomic mass is 9.97. The van der Waals surface area contributed by atoms with Crippen LogP contribution in [-0.4, -0.2) is 9.13 Å². The molecule has 9 aromatic rings. The quantitative estimate of drug-likeness (QED) is 0.177. The summed E-state index contributed by atoms with van der Waals surface area (Å²) in [5, 5.41) is 13.8. The SMILES string of the molecule is [C-]#[N+]c1ccc(-c2cccc(-c3ccc(-n4c5ccc(C#N)cc5c5cccc([N+]#[C-])c54)cc3)c2)c(-n2c3ccccc3c3ccccc32)c1. The van der Waals surface area contributed by atoms with Crippen molar-refractivity contribution in [2.45, 2.75) is 0 Å². The molecule has 0 aliphatic rings. The van der Waals surface area contributed by atoms with Crippen molar-refractivity contribution in [3.8, 4) is 39.7 Å². The molecule has 5 nitrogen and oxygen atoms in total. The largest absolute Gasteiger partial charge is 0.319 e. The topological polar surface area (TPSA) is 42.4 Å². The fraction of sp³-hybridized carbons (Fsp3) is 0. The van der Waals surface area contributed by atoms with Gasteiger partial charge in [0.1, 0.15) is 0 Å². The summed E-state index contributed by atoms with van der Waals surface area (Å²) in [6.07, 6.45) is 0. The van der Waals surface area contributed by atoms with Gasteiger partial charge in [-0.15, -0.1) is 0 Å². The fourth-order valence-corrected chi connectivity index (χ4v) is 7.35. The summed E-state index contributed by atoms with van der Waals surface area (Å²) in [5.41, 5.74) is 11.8. The molecule has 0 amide bonds. The zero-order valence-corrected chi connectivity index (χ0v) is 26.7. The highest BCUT2D eigenvalue weighted by Gasteiger charge is 2.18. The van der Waals surface area contributed by atoms with Crippen LogP contribution >= 0.6 is 0 Å². The number of aromatic nitrogens is 2. The monoisotopic (exact) mass is 635 g/mol. The number of rotatable bonds is 4. The molecule has 50 heavy (non-hydrogen) atoms. The summed E-state index contributed by atoms with van der Waals surface area (Å²) in [5.74, 6) is 0. The van der Waals surface area contributed by atoms with Crippen LogP contribution in [-0.2, 0) is 0 Å². The third-order valence-electron chi connectivity index (χ3n) is 9.58. The summed E-state index contributed by atoms with van der Waals surface area (Å²) in [4.78, 5) is 7.63.